The molecule has 0 spiro atoms. The van der Waals surface area contributed by atoms with Gasteiger partial charge in [0.25, 0.3) is 11.8 Å². The highest BCUT2D eigenvalue weighted by molar-refractivity contribution is 6.46. The molecule has 7 heteroatoms. The van der Waals surface area contributed by atoms with Crippen molar-refractivity contribution in [2.45, 2.75) is 6.92 Å². The van der Waals surface area contributed by atoms with Crippen molar-refractivity contribution in [2.24, 2.45) is 0 Å². The quantitative estimate of drug-likeness (QED) is 0.582. The molecule has 160 valence electrons. The van der Waals surface area contributed by atoms with Crippen molar-refractivity contribution in [3.05, 3.63) is 88.6 Å². The fraction of sp³-hybridized carbons (Fsp3) is 0.120. The molecule has 0 aromatic heterocycles. The molecular formula is C25H19ClN2O4. The lowest BCUT2D eigenvalue weighted by Gasteiger charge is -2.21. The Labute approximate surface area is 190 Å². The van der Waals surface area contributed by atoms with Crippen LogP contribution in [0.5, 0.6) is 11.5 Å². The lowest BCUT2D eigenvalue weighted by atomic mass is 10.0. The summed E-state index contributed by atoms with van der Waals surface area (Å²) in [5.74, 6) is 0.239. The topological polar surface area (TPSA) is 67.9 Å². The molecule has 6 nitrogen and oxygen atoms in total. The highest BCUT2D eigenvalue weighted by Crippen LogP contribution is 2.39. The van der Waals surface area contributed by atoms with Crippen molar-refractivity contribution in [1.29, 1.82) is 0 Å². The van der Waals surface area contributed by atoms with E-state index >= 15 is 0 Å². The molecule has 3 aromatic rings. The molecule has 2 aliphatic rings. The third kappa shape index (κ3) is 3.48. The van der Waals surface area contributed by atoms with E-state index in [2.05, 4.69) is 5.32 Å². The monoisotopic (exact) mass is 446 g/mol. The number of halogens is 1. The minimum Gasteiger partial charge on any atom is -0.486 e. The maximum Gasteiger partial charge on any atom is 0.282 e. The first-order chi connectivity index (χ1) is 15.5. The Bertz CT molecular complexity index is 1270. The molecule has 0 aliphatic carbocycles. The Morgan fingerprint density at radius 1 is 0.875 bits per heavy atom. The van der Waals surface area contributed by atoms with Crippen molar-refractivity contribution in [3.8, 4) is 11.5 Å². The van der Waals surface area contributed by atoms with Gasteiger partial charge in [0.2, 0.25) is 0 Å². The smallest absolute Gasteiger partial charge is 0.282 e. The number of imide groups is 1. The lowest BCUT2D eigenvalue weighted by molar-refractivity contribution is -0.120. The predicted octanol–water partition coefficient (Wildman–Crippen LogP) is 4.82. The van der Waals surface area contributed by atoms with Gasteiger partial charge >= 0.3 is 0 Å². The van der Waals surface area contributed by atoms with E-state index in [0.717, 1.165) is 10.5 Å². The number of nitrogens with one attached hydrogen (secondary N) is 1. The van der Waals surface area contributed by atoms with Gasteiger partial charge in [-0.25, -0.2) is 4.90 Å². The number of aryl methyl sites for hydroxylation is 1. The molecule has 3 aromatic carbocycles. The number of carbonyl (C=O) groups is 2. The van der Waals surface area contributed by atoms with Crippen LogP contribution in [0.4, 0.5) is 11.4 Å². The van der Waals surface area contributed by atoms with Crippen molar-refractivity contribution >= 4 is 40.4 Å². The predicted molar refractivity (Wildman–Crippen MR) is 123 cm³/mol. The van der Waals surface area contributed by atoms with E-state index in [0.29, 0.717) is 52.2 Å². The first kappa shape index (κ1) is 20.2. The summed E-state index contributed by atoms with van der Waals surface area (Å²) in [5.41, 5.74) is 3.14. The number of hydrogen-bond donors (Lipinski definition) is 1. The summed E-state index contributed by atoms with van der Waals surface area (Å²) < 4.78 is 11.2. The number of hydrogen-bond acceptors (Lipinski definition) is 5. The minimum absolute atomic E-state index is 0.210. The maximum absolute atomic E-state index is 13.5. The average molecular weight is 447 g/mol. The molecule has 0 saturated heterocycles. The van der Waals surface area contributed by atoms with Crippen molar-refractivity contribution in [1.82, 2.24) is 0 Å². The summed E-state index contributed by atoms with van der Waals surface area (Å²) in [6, 6.07) is 19.5. The van der Waals surface area contributed by atoms with Crippen molar-refractivity contribution in [3.63, 3.8) is 0 Å². The molecule has 0 radical (unpaired) electrons. The van der Waals surface area contributed by atoms with E-state index < -0.39 is 11.8 Å². The number of amides is 2. The fourth-order valence-electron chi connectivity index (χ4n) is 3.83. The number of ether oxygens (including phenoxy) is 2. The summed E-state index contributed by atoms with van der Waals surface area (Å²) >= 11 is 6.08. The van der Waals surface area contributed by atoms with E-state index in [4.69, 9.17) is 21.1 Å². The van der Waals surface area contributed by atoms with E-state index in [1.807, 2.05) is 37.3 Å². The molecule has 0 unspecified atom stereocenters. The molecular weight excluding hydrogens is 428 g/mol. The maximum atomic E-state index is 13.5. The average Bonchev–Trinajstić information content (AvgIpc) is 3.05. The Kier molecular flexibility index (Phi) is 5.07. The highest BCUT2D eigenvalue weighted by Gasteiger charge is 2.40. The normalized spacial score (nSPS) is 15.4. The molecule has 32 heavy (non-hydrogen) atoms. The van der Waals surface area contributed by atoms with Gasteiger partial charge in [-0.1, -0.05) is 41.9 Å². The second kappa shape index (κ2) is 8.05. The van der Waals surface area contributed by atoms with Crippen LogP contribution in [0.1, 0.15) is 11.1 Å². The van der Waals surface area contributed by atoms with Gasteiger partial charge in [-0.15, -0.1) is 0 Å². The van der Waals surface area contributed by atoms with E-state index in [1.165, 1.54) is 0 Å². The highest BCUT2D eigenvalue weighted by atomic mass is 35.5. The van der Waals surface area contributed by atoms with Gasteiger partial charge in [0.15, 0.2) is 11.5 Å². The summed E-state index contributed by atoms with van der Waals surface area (Å²) in [7, 11) is 0. The van der Waals surface area contributed by atoms with E-state index in [1.54, 1.807) is 36.4 Å². The van der Waals surface area contributed by atoms with Gasteiger partial charge < -0.3 is 14.8 Å². The van der Waals surface area contributed by atoms with Crippen LogP contribution in [0.15, 0.2) is 72.4 Å². The zero-order chi connectivity index (χ0) is 22.2. The van der Waals surface area contributed by atoms with Crippen LogP contribution in [0.2, 0.25) is 5.02 Å². The molecule has 0 bridgehead atoms. The minimum atomic E-state index is -0.445. The first-order valence-corrected chi connectivity index (χ1v) is 10.5. The van der Waals surface area contributed by atoms with Crippen LogP contribution < -0.4 is 19.7 Å². The van der Waals surface area contributed by atoms with Crippen LogP contribution in [0.3, 0.4) is 0 Å². The van der Waals surface area contributed by atoms with Crippen LogP contribution >= 0.6 is 11.6 Å². The van der Waals surface area contributed by atoms with Gasteiger partial charge in [-0.05, 0) is 48.4 Å². The third-order valence-corrected chi connectivity index (χ3v) is 5.61. The molecule has 1 N–H and O–H groups in total. The summed E-state index contributed by atoms with van der Waals surface area (Å²) in [6.45, 7) is 2.76. The molecule has 2 aliphatic heterocycles. The van der Waals surface area contributed by atoms with Crippen LogP contribution in [0.25, 0.3) is 5.57 Å². The summed E-state index contributed by atoms with van der Waals surface area (Å²) in [5, 5.41) is 3.77. The summed E-state index contributed by atoms with van der Waals surface area (Å²) in [4.78, 5) is 28.2. The summed E-state index contributed by atoms with van der Waals surface area (Å²) in [6.07, 6.45) is 0. The second-order valence-electron chi connectivity index (χ2n) is 7.47. The molecule has 2 amide bonds. The fourth-order valence-corrected chi connectivity index (χ4v) is 4.05. The Hall–Kier alpha value is -3.77. The zero-order valence-corrected chi connectivity index (χ0v) is 18.0. The van der Waals surface area contributed by atoms with Gasteiger partial charge in [-0.3, -0.25) is 9.59 Å². The molecule has 2 heterocycles. The number of carbonyl (C=O) groups excluding carboxylic acids is 2. The lowest BCUT2D eigenvalue weighted by Crippen LogP contribution is -2.32. The van der Waals surface area contributed by atoms with Crippen molar-refractivity contribution in [2.75, 3.05) is 23.4 Å². The number of benzene rings is 3. The SMILES string of the molecule is Cc1cc(Cl)ccc1NC1=C(c2ccccc2)C(=O)N(c2ccc3c(c2)OCCO3)C1=O. The van der Waals surface area contributed by atoms with Gasteiger partial charge in [0.1, 0.15) is 18.9 Å². The largest absolute Gasteiger partial charge is 0.486 e. The van der Waals surface area contributed by atoms with Crippen LogP contribution in [-0.4, -0.2) is 25.0 Å². The number of fused-ring (bicyclic) bond motifs is 1. The molecule has 0 fully saturated rings. The van der Waals surface area contributed by atoms with Crippen molar-refractivity contribution < 1.29 is 19.1 Å². The molecule has 5 rings (SSSR count). The van der Waals surface area contributed by atoms with Gasteiger partial charge in [0.05, 0.1) is 11.3 Å². The van der Waals surface area contributed by atoms with Gasteiger partial charge in [-0.2, -0.15) is 0 Å². The Morgan fingerprint density at radius 2 is 1.62 bits per heavy atom. The Balaban J connectivity index is 1.59. The molecule has 0 saturated carbocycles. The van der Waals surface area contributed by atoms with Gasteiger partial charge in [0, 0.05) is 16.8 Å². The standard InChI is InChI=1S/C25H19ClN2O4/c1-15-13-17(26)7-9-19(15)27-23-22(16-5-3-2-4-6-16)24(29)28(25(23)30)18-8-10-20-21(14-18)32-12-11-31-20/h2-10,13-14,27H,11-12H2,1H3. The Morgan fingerprint density at radius 3 is 2.38 bits per heavy atom. The van der Waals surface area contributed by atoms with Crippen LogP contribution in [0, 0.1) is 6.92 Å². The first-order valence-electron chi connectivity index (χ1n) is 10.1. The zero-order valence-electron chi connectivity index (χ0n) is 17.2. The second-order valence-corrected chi connectivity index (χ2v) is 7.91. The van der Waals surface area contributed by atoms with E-state index in [-0.39, 0.29) is 5.70 Å². The molecule has 0 atom stereocenters. The van der Waals surface area contributed by atoms with E-state index in [9.17, 15) is 9.59 Å². The number of rotatable bonds is 4. The number of nitrogens with zero attached hydrogens (tertiary/aromatic N) is 1. The third-order valence-electron chi connectivity index (χ3n) is 5.38. The van der Waals surface area contributed by atoms with Crippen LogP contribution in [-0.2, 0) is 9.59 Å². The number of anilines is 2.